The highest BCUT2D eigenvalue weighted by Gasteiger charge is 2.14. The molecule has 0 heterocycles. The lowest BCUT2D eigenvalue weighted by Crippen LogP contribution is -2.12. The Morgan fingerprint density at radius 2 is 2.00 bits per heavy atom. The van der Waals surface area contributed by atoms with Crippen LogP contribution in [0.15, 0.2) is 42.5 Å². The second-order valence-corrected chi connectivity index (χ2v) is 4.34. The maximum Gasteiger partial charge on any atom is 0.259 e. The van der Waals surface area contributed by atoms with Crippen LogP contribution in [0.25, 0.3) is 0 Å². The number of amides is 1. The van der Waals surface area contributed by atoms with Crippen LogP contribution in [0.3, 0.4) is 0 Å². The monoisotopic (exact) mass is 282 g/mol. The van der Waals surface area contributed by atoms with Gasteiger partial charge in [0, 0.05) is 5.69 Å². The lowest BCUT2D eigenvalue weighted by molar-refractivity contribution is 0.102. The van der Waals surface area contributed by atoms with Crippen molar-refractivity contribution in [1.82, 2.24) is 0 Å². The molecule has 21 heavy (non-hydrogen) atoms. The van der Waals surface area contributed by atoms with E-state index >= 15 is 0 Å². The molecule has 0 saturated heterocycles. The van der Waals surface area contributed by atoms with E-state index < -0.39 is 5.91 Å². The molecule has 0 fully saturated rings. The summed E-state index contributed by atoms with van der Waals surface area (Å²) in [5.74, 6) is -0.384. The van der Waals surface area contributed by atoms with Crippen molar-refractivity contribution in [2.45, 2.75) is 6.42 Å². The maximum absolute atomic E-state index is 12.1. The normalized spacial score (nSPS) is 9.71. The number of phenolic OH excluding ortho intramolecular Hbond substituents is 1. The lowest BCUT2D eigenvalue weighted by atomic mass is 10.1. The van der Waals surface area contributed by atoms with Crippen LogP contribution >= 0.6 is 0 Å². The predicted molar refractivity (Wildman–Crippen MR) is 78.4 cm³/mol. The van der Waals surface area contributed by atoms with E-state index in [4.69, 9.17) is 10.00 Å². The third kappa shape index (κ3) is 3.31. The number of ether oxygens (including phenoxy) is 1. The summed E-state index contributed by atoms with van der Waals surface area (Å²) in [6, 6.07) is 13.7. The number of benzene rings is 2. The molecule has 0 aromatic heterocycles. The molecule has 2 aromatic carbocycles. The Morgan fingerprint density at radius 3 is 2.62 bits per heavy atom. The molecule has 0 bridgehead atoms. The number of carbonyl (C=O) groups is 1. The summed E-state index contributed by atoms with van der Waals surface area (Å²) >= 11 is 0. The Balaban J connectivity index is 2.16. The van der Waals surface area contributed by atoms with E-state index in [2.05, 4.69) is 11.4 Å². The van der Waals surface area contributed by atoms with E-state index in [9.17, 15) is 9.90 Å². The number of methoxy groups -OCH3 is 1. The number of para-hydroxylation sites is 1. The Hall–Kier alpha value is -3.00. The number of rotatable bonds is 4. The first-order chi connectivity index (χ1) is 10.2. The largest absolute Gasteiger partial charge is 0.504 e. The number of nitrogens with one attached hydrogen (secondary N) is 1. The van der Waals surface area contributed by atoms with Gasteiger partial charge in [-0.05, 0) is 29.8 Å². The zero-order valence-corrected chi connectivity index (χ0v) is 11.5. The summed E-state index contributed by atoms with van der Waals surface area (Å²) in [6.07, 6.45) is 0.324. The van der Waals surface area contributed by atoms with E-state index in [1.807, 2.05) is 0 Å². The first kappa shape index (κ1) is 14.4. The van der Waals surface area contributed by atoms with Crippen LogP contribution in [-0.2, 0) is 6.42 Å². The number of carbonyl (C=O) groups excluding carboxylic acids is 1. The molecule has 5 nitrogen and oxygen atoms in total. The van der Waals surface area contributed by atoms with Crippen molar-refractivity contribution >= 4 is 11.6 Å². The summed E-state index contributed by atoms with van der Waals surface area (Å²) in [5.41, 5.74) is 1.60. The molecule has 0 aliphatic rings. The van der Waals surface area contributed by atoms with E-state index in [1.54, 1.807) is 36.4 Å². The van der Waals surface area contributed by atoms with Gasteiger partial charge in [-0.25, -0.2) is 0 Å². The molecule has 0 unspecified atom stereocenters. The molecular weight excluding hydrogens is 268 g/mol. The minimum atomic E-state index is -0.431. The quantitative estimate of drug-likeness (QED) is 0.903. The van der Waals surface area contributed by atoms with Gasteiger partial charge in [0.2, 0.25) is 0 Å². The van der Waals surface area contributed by atoms with Crippen LogP contribution in [-0.4, -0.2) is 18.1 Å². The van der Waals surface area contributed by atoms with Crippen molar-refractivity contribution in [1.29, 1.82) is 5.26 Å². The van der Waals surface area contributed by atoms with E-state index in [-0.39, 0.29) is 17.1 Å². The zero-order chi connectivity index (χ0) is 15.2. The molecule has 2 aromatic rings. The van der Waals surface area contributed by atoms with Crippen molar-refractivity contribution in [2.75, 3.05) is 12.4 Å². The zero-order valence-electron chi connectivity index (χ0n) is 11.5. The highest BCUT2D eigenvalue weighted by Crippen LogP contribution is 2.29. The van der Waals surface area contributed by atoms with E-state index in [0.29, 0.717) is 12.1 Å². The van der Waals surface area contributed by atoms with Gasteiger partial charge in [0.25, 0.3) is 5.91 Å². The Kier molecular flexibility index (Phi) is 4.42. The van der Waals surface area contributed by atoms with Gasteiger partial charge in [-0.3, -0.25) is 4.79 Å². The average molecular weight is 282 g/mol. The number of hydrogen-bond donors (Lipinski definition) is 2. The number of anilines is 1. The third-order valence-electron chi connectivity index (χ3n) is 2.96. The van der Waals surface area contributed by atoms with Crippen molar-refractivity contribution in [3.63, 3.8) is 0 Å². The topological polar surface area (TPSA) is 82.3 Å². The molecule has 0 radical (unpaired) electrons. The van der Waals surface area contributed by atoms with Crippen molar-refractivity contribution in [3.8, 4) is 17.6 Å². The second kappa shape index (κ2) is 6.44. The SMILES string of the molecule is COc1cccc(C(=O)Nc2ccc(CC#N)cc2)c1O. The van der Waals surface area contributed by atoms with Gasteiger partial charge < -0.3 is 15.2 Å². The fourth-order valence-electron chi connectivity index (χ4n) is 1.87. The number of phenols is 1. The highest BCUT2D eigenvalue weighted by molar-refractivity contribution is 6.06. The van der Waals surface area contributed by atoms with Gasteiger partial charge in [0.1, 0.15) is 0 Å². The predicted octanol–water partition coefficient (Wildman–Crippen LogP) is 2.72. The van der Waals surface area contributed by atoms with Gasteiger partial charge in [0.15, 0.2) is 11.5 Å². The molecule has 0 saturated carbocycles. The Labute approximate surface area is 122 Å². The van der Waals surface area contributed by atoms with Gasteiger partial charge in [-0.2, -0.15) is 5.26 Å². The summed E-state index contributed by atoms with van der Waals surface area (Å²) in [5, 5.41) is 21.2. The van der Waals surface area contributed by atoms with Crippen molar-refractivity contribution < 1.29 is 14.6 Å². The van der Waals surface area contributed by atoms with Crippen LogP contribution < -0.4 is 10.1 Å². The molecule has 2 rings (SSSR count). The van der Waals surface area contributed by atoms with Crippen LogP contribution in [0.2, 0.25) is 0 Å². The number of aromatic hydroxyl groups is 1. The molecule has 0 spiro atoms. The van der Waals surface area contributed by atoms with E-state index in [0.717, 1.165) is 5.56 Å². The number of hydrogen-bond acceptors (Lipinski definition) is 4. The Morgan fingerprint density at radius 1 is 1.29 bits per heavy atom. The molecule has 0 atom stereocenters. The van der Waals surface area contributed by atoms with Gasteiger partial charge >= 0.3 is 0 Å². The fourth-order valence-corrected chi connectivity index (χ4v) is 1.87. The molecule has 0 aliphatic heterocycles. The minimum Gasteiger partial charge on any atom is -0.504 e. The molecule has 2 N–H and O–H groups in total. The van der Waals surface area contributed by atoms with E-state index in [1.165, 1.54) is 13.2 Å². The molecule has 1 amide bonds. The lowest BCUT2D eigenvalue weighted by Gasteiger charge is -2.09. The first-order valence-electron chi connectivity index (χ1n) is 6.29. The molecule has 5 heteroatoms. The average Bonchev–Trinajstić information content (AvgIpc) is 2.49. The van der Waals surface area contributed by atoms with Crippen molar-refractivity contribution in [2.24, 2.45) is 0 Å². The standard InChI is InChI=1S/C16H14N2O3/c1-21-14-4-2-3-13(15(14)19)16(20)18-12-7-5-11(6-8-12)9-10-17/h2-8,19H,9H2,1H3,(H,18,20). The van der Waals surface area contributed by atoms with Crippen LogP contribution in [0.4, 0.5) is 5.69 Å². The van der Waals surface area contributed by atoms with Crippen LogP contribution in [0, 0.1) is 11.3 Å². The highest BCUT2D eigenvalue weighted by atomic mass is 16.5. The van der Waals surface area contributed by atoms with Gasteiger partial charge in [-0.15, -0.1) is 0 Å². The third-order valence-corrected chi connectivity index (χ3v) is 2.96. The summed E-state index contributed by atoms with van der Waals surface area (Å²) in [7, 11) is 1.42. The molecule has 106 valence electrons. The number of nitriles is 1. The smallest absolute Gasteiger partial charge is 0.259 e. The summed E-state index contributed by atoms with van der Waals surface area (Å²) < 4.78 is 4.97. The maximum atomic E-state index is 12.1. The van der Waals surface area contributed by atoms with Crippen LogP contribution in [0.1, 0.15) is 15.9 Å². The fraction of sp³-hybridized carbons (Fsp3) is 0.125. The Bertz CT molecular complexity index is 688. The number of nitrogens with zero attached hydrogens (tertiary/aromatic N) is 1. The first-order valence-corrected chi connectivity index (χ1v) is 6.29. The van der Waals surface area contributed by atoms with Crippen LogP contribution in [0.5, 0.6) is 11.5 Å². The minimum absolute atomic E-state index is 0.135. The molecule has 0 aliphatic carbocycles. The summed E-state index contributed by atoms with van der Waals surface area (Å²) in [6.45, 7) is 0. The van der Waals surface area contributed by atoms with Gasteiger partial charge in [0.05, 0.1) is 25.2 Å². The van der Waals surface area contributed by atoms with Gasteiger partial charge in [-0.1, -0.05) is 18.2 Å². The molecular formula is C16H14N2O3. The van der Waals surface area contributed by atoms with Crippen molar-refractivity contribution in [3.05, 3.63) is 53.6 Å². The second-order valence-electron chi connectivity index (χ2n) is 4.34. The summed E-state index contributed by atoms with van der Waals surface area (Å²) in [4.78, 5) is 12.1.